The van der Waals surface area contributed by atoms with Crippen molar-refractivity contribution in [2.45, 2.75) is 6.61 Å². The Morgan fingerprint density at radius 1 is 1.32 bits per heavy atom. The van der Waals surface area contributed by atoms with Crippen molar-refractivity contribution in [3.63, 3.8) is 0 Å². The highest BCUT2D eigenvalue weighted by atomic mass is 19.1. The second-order valence-electron chi connectivity index (χ2n) is 3.87. The number of halogens is 1. The van der Waals surface area contributed by atoms with Crippen LogP contribution in [0.2, 0.25) is 0 Å². The van der Waals surface area contributed by atoms with Crippen molar-refractivity contribution in [2.24, 2.45) is 5.73 Å². The van der Waals surface area contributed by atoms with Gasteiger partial charge in [0.2, 0.25) is 0 Å². The number of nitrogens with zero attached hydrogens (tertiary/aromatic N) is 1. The summed E-state index contributed by atoms with van der Waals surface area (Å²) in [6.45, 7) is -0.431. The number of primary amides is 1. The third-order valence-corrected chi connectivity index (χ3v) is 2.68. The zero-order chi connectivity index (χ0) is 14.0. The van der Waals surface area contributed by atoms with Crippen LogP contribution in [0.15, 0.2) is 30.5 Å². The molecule has 0 spiro atoms. The van der Waals surface area contributed by atoms with Crippen LogP contribution in [0.3, 0.4) is 0 Å². The van der Waals surface area contributed by atoms with Gasteiger partial charge in [-0.3, -0.25) is 9.78 Å². The Hall–Kier alpha value is -2.47. The fourth-order valence-corrected chi connectivity index (χ4v) is 1.76. The molecule has 0 unspecified atom stereocenters. The molecule has 1 aromatic carbocycles. The van der Waals surface area contributed by atoms with Crippen LogP contribution in [-0.2, 0) is 6.61 Å². The molecule has 1 aromatic heterocycles. The Labute approximate surface area is 108 Å². The van der Waals surface area contributed by atoms with Crippen LogP contribution in [-0.4, -0.2) is 21.1 Å². The van der Waals surface area contributed by atoms with E-state index in [4.69, 9.17) is 5.73 Å². The molecule has 1 heterocycles. The van der Waals surface area contributed by atoms with Gasteiger partial charge in [0, 0.05) is 11.8 Å². The number of carbonyl (C=O) groups excluding carboxylic acids is 1. The smallest absolute Gasteiger partial charge is 0.254 e. The average Bonchev–Trinajstić information content (AvgIpc) is 2.39. The molecular formula is C13H11FN2O3. The van der Waals surface area contributed by atoms with Gasteiger partial charge in [-0.25, -0.2) is 4.39 Å². The predicted octanol–water partition coefficient (Wildman–Crippen LogP) is 1.18. The third kappa shape index (κ3) is 2.38. The lowest BCUT2D eigenvalue weighted by atomic mass is 10.0. The third-order valence-electron chi connectivity index (χ3n) is 2.68. The van der Waals surface area contributed by atoms with E-state index < -0.39 is 18.3 Å². The van der Waals surface area contributed by atoms with Crippen molar-refractivity contribution in [3.8, 4) is 16.9 Å². The lowest BCUT2D eigenvalue weighted by molar-refractivity contribution is 0.0997. The fraction of sp³-hybridized carbons (Fsp3) is 0.0769. The number of nitrogens with two attached hydrogens (primary N) is 1. The zero-order valence-electron chi connectivity index (χ0n) is 9.80. The molecule has 98 valence electrons. The van der Waals surface area contributed by atoms with Gasteiger partial charge in [0.1, 0.15) is 11.6 Å². The van der Waals surface area contributed by atoms with E-state index in [0.29, 0.717) is 5.56 Å². The zero-order valence-corrected chi connectivity index (χ0v) is 9.80. The van der Waals surface area contributed by atoms with Crippen molar-refractivity contribution < 1.29 is 19.4 Å². The molecule has 6 heteroatoms. The van der Waals surface area contributed by atoms with Gasteiger partial charge in [-0.05, 0) is 17.7 Å². The molecule has 2 aromatic rings. The largest absolute Gasteiger partial charge is 0.506 e. The molecule has 0 aliphatic carbocycles. The van der Waals surface area contributed by atoms with Crippen molar-refractivity contribution in [1.82, 2.24) is 4.98 Å². The van der Waals surface area contributed by atoms with Crippen LogP contribution in [0.4, 0.5) is 4.39 Å². The van der Waals surface area contributed by atoms with Gasteiger partial charge in [0.15, 0.2) is 0 Å². The van der Waals surface area contributed by atoms with E-state index in [2.05, 4.69) is 4.98 Å². The summed E-state index contributed by atoms with van der Waals surface area (Å²) in [6.07, 6.45) is 1.09. The molecule has 0 saturated carbocycles. The summed E-state index contributed by atoms with van der Waals surface area (Å²) < 4.78 is 12.9. The maximum Gasteiger partial charge on any atom is 0.254 e. The summed E-state index contributed by atoms with van der Waals surface area (Å²) in [5.41, 5.74) is 5.73. The summed E-state index contributed by atoms with van der Waals surface area (Å²) in [5, 5.41) is 19.3. The number of aromatic nitrogens is 1. The quantitative estimate of drug-likeness (QED) is 0.773. The Balaban J connectivity index is 2.69. The number of hydrogen-bond acceptors (Lipinski definition) is 4. The molecule has 2 rings (SSSR count). The molecule has 0 fully saturated rings. The number of pyridine rings is 1. The number of aliphatic hydroxyl groups excluding tert-OH is 1. The van der Waals surface area contributed by atoms with Gasteiger partial charge >= 0.3 is 0 Å². The maximum absolute atomic E-state index is 12.9. The van der Waals surface area contributed by atoms with Gasteiger partial charge < -0.3 is 15.9 Å². The monoisotopic (exact) mass is 262 g/mol. The molecule has 0 saturated heterocycles. The summed E-state index contributed by atoms with van der Waals surface area (Å²) in [6, 6.07) is 5.23. The van der Waals surface area contributed by atoms with E-state index in [9.17, 15) is 19.4 Å². The number of benzene rings is 1. The highest BCUT2D eigenvalue weighted by molar-refractivity contribution is 5.98. The second kappa shape index (κ2) is 5.03. The molecule has 19 heavy (non-hydrogen) atoms. The number of rotatable bonds is 3. The van der Waals surface area contributed by atoms with Crippen LogP contribution in [0.5, 0.6) is 5.75 Å². The SMILES string of the molecule is NC(=O)c1cnc(CO)c(-c2ccc(F)cc2)c1O. The molecule has 0 aliphatic rings. The molecule has 0 aliphatic heterocycles. The van der Waals surface area contributed by atoms with Crippen LogP contribution in [0.1, 0.15) is 16.1 Å². The van der Waals surface area contributed by atoms with E-state index in [-0.39, 0.29) is 22.6 Å². The van der Waals surface area contributed by atoms with Crippen molar-refractivity contribution in [2.75, 3.05) is 0 Å². The van der Waals surface area contributed by atoms with Gasteiger partial charge in [0.05, 0.1) is 17.9 Å². The number of aromatic hydroxyl groups is 1. The van der Waals surface area contributed by atoms with Crippen LogP contribution in [0, 0.1) is 5.82 Å². The summed E-state index contributed by atoms with van der Waals surface area (Å²) in [4.78, 5) is 15.0. The first-order valence-corrected chi connectivity index (χ1v) is 5.42. The molecule has 0 atom stereocenters. The van der Waals surface area contributed by atoms with Crippen molar-refractivity contribution in [3.05, 3.63) is 47.5 Å². The highest BCUT2D eigenvalue weighted by Gasteiger charge is 2.18. The minimum absolute atomic E-state index is 0.156. The average molecular weight is 262 g/mol. The normalized spacial score (nSPS) is 10.4. The van der Waals surface area contributed by atoms with Gasteiger partial charge in [0.25, 0.3) is 5.91 Å². The van der Waals surface area contributed by atoms with Gasteiger partial charge in [-0.15, -0.1) is 0 Å². The Bertz CT molecular complexity index is 627. The minimum Gasteiger partial charge on any atom is -0.506 e. The fourth-order valence-electron chi connectivity index (χ4n) is 1.76. The summed E-state index contributed by atoms with van der Waals surface area (Å²) >= 11 is 0. The first-order valence-electron chi connectivity index (χ1n) is 5.42. The Kier molecular flexibility index (Phi) is 3.43. The van der Waals surface area contributed by atoms with Crippen LogP contribution < -0.4 is 5.73 Å². The first kappa shape index (κ1) is 13.0. The summed E-state index contributed by atoms with van der Waals surface area (Å²) in [7, 11) is 0. The Morgan fingerprint density at radius 2 is 1.95 bits per heavy atom. The Morgan fingerprint density at radius 3 is 2.47 bits per heavy atom. The molecule has 1 amide bonds. The van der Waals surface area contributed by atoms with E-state index >= 15 is 0 Å². The van der Waals surface area contributed by atoms with Crippen molar-refractivity contribution >= 4 is 5.91 Å². The maximum atomic E-state index is 12.9. The first-order chi connectivity index (χ1) is 9.04. The number of carbonyl (C=O) groups is 1. The van der Waals surface area contributed by atoms with Crippen LogP contribution in [0.25, 0.3) is 11.1 Å². The van der Waals surface area contributed by atoms with E-state index in [1.165, 1.54) is 24.3 Å². The predicted molar refractivity (Wildman–Crippen MR) is 65.7 cm³/mol. The van der Waals surface area contributed by atoms with Gasteiger partial charge in [-0.1, -0.05) is 12.1 Å². The van der Waals surface area contributed by atoms with Gasteiger partial charge in [-0.2, -0.15) is 0 Å². The van der Waals surface area contributed by atoms with E-state index in [1.807, 2.05) is 0 Å². The highest BCUT2D eigenvalue weighted by Crippen LogP contribution is 2.34. The minimum atomic E-state index is -0.835. The standard InChI is InChI=1S/C13H11FN2O3/c14-8-3-1-7(2-4-8)11-10(6-17)16-5-9(12(11)18)13(15)19/h1-5,17H,6H2,(H2,15,19)(H,16,18). The molecule has 4 N–H and O–H groups in total. The molecule has 0 bridgehead atoms. The van der Waals surface area contributed by atoms with Crippen molar-refractivity contribution in [1.29, 1.82) is 0 Å². The number of aliphatic hydroxyl groups is 1. The second-order valence-corrected chi connectivity index (χ2v) is 3.87. The topological polar surface area (TPSA) is 96.4 Å². The molecular weight excluding hydrogens is 251 g/mol. The lowest BCUT2D eigenvalue weighted by Crippen LogP contribution is -2.13. The molecule has 5 nitrogen and oxygen atoms in total. The number of amides is 1. The summed E-state index contributed by atoms with van der Waals surface area (Å²) in [5.74, 6) is -1.65. The van der Waals surface area contributed by atoms with E-state index in [1.54, 1.807) is 0 Å². The lowest BCUT2D eigenvalue weighted by Gasteiger charge is -2.11. The number of hydrogen-bond donors (Lipinski definition) is 3. The molecule has 0 radical (unpaired) electrons. The van der Waals surface area contributed by atoms with Crippen LogP contribution >= 0.6 is 0 Å². The van der Waals surface area contributed by atoms with E-state index in [0.717, 1.165) is 6.20 Å².